The number of carboxylic acids is 1. The first-order valence-corrected chi connectivity index (χ1v) is 7.02. The predicted molar refractivity (Wildman–Crippen MR) is 78.7 cm³/mol. The number of hydrogen-bond donors (Lipinski definition) is 1. The molecule has 2 rings (SSSR count). The third kappa shape index (κ3) is 3.24. The summed E-state index contributed by atoms with van der Waals surface area (Å²) >= 11 is 13.4. The van der Waals surface area contributed by atoms with Gasteiger partial charge in [0.1, 0.15) is 0 Å². The molecule has 1 N–H and O–H groups in total. The van der Waals surface area contributed by atoms with Crippen LogP contribution in [0.3, 0.4) is 0 Å². The molecule has 0 atom stereocenters. The number of halogens is 2. The molecule has 0 bridgehead atoms. The highest BCUT2D eigenvalue weighted by Gasteiger charge is 2.14. The van der Waals surface area contributed by atoms with Crippen molar-refractivity contribution in [3.05, 3.63) is 57.6 Å². The van der Waals surface area contributed by atoms with Crippen LogP contribution in [0.1, 0.15) is 15.9 Å². The maximum atomic E-state index is 11.2. The van der Waals surface area contributed by atoms with Crippen LogP contribution in [0.25, 0.3) is 0 Å². The van der Waals surface area contributed by atoms with Crippen molar-refractivity contribution in [1.82, 2.24) is 0 Å². The lowest BCUT2D eigenvalue weighted by molar-refractivity contribution is 0.0693. The van der Waals surface area contributed by atoms with Gasteiger partial charge in [-0.2, -0.15) is 0 Å². The van der Waals surface area contributed by atoms with Gasteiger partial charge in [0.2, 0.25) is 0 Å². The van der Waals surface area contributed by atoms with Crippen molar-refractivity contribution in [2.24, 2.45) is 0 Å². The SMILES string of the molecule is Cc1cccc(C(=O)O)c1Sc1cc(Cl)ccc1Cl. The minimum absolute atomic E-state index is 0.265. The van der Waals surface area contributed by atoms with E-state index in [1.807, 2.05) is 13.0 Å². The van der Waals surface area contributed by atoms with E-state index in [-0.39, 0.29) is 5.56 Å². The quantitative estimate of drug-likeness (QED) is 0.851. The summed E-state index contributed by atoms with van der Waals surface area (Å²) in [6, 6.07) is 10.3. The van der Waals surface area contributed by atoms with Crippen molar-refractivity contribution in [1.29, 1.82) is 0 Å². The maximum Gasteiger partial charge on any atom is 0.336 e. The molecule has 0 radical (unpaired) electrons. The topological polar surface area (TPSA) is 37.3 Å². The van der Waals surface area contributed by atoms with Gasteiger partial charge >= 0.3 is 5.97 Å². The monoisotopic (exact) mass is 312 g/mol. The minimum atomic E-state index is -0.954. The molecule has 2 aromatic rings. The van der Waals surface area contributed by atoms with Crippen LogP contribution in [0.2, 0.25) is 10.0 Å². The van der Waals surface area contributed by atoms with Crippen LogP contribution in [-0.4, -0.2) is 11.1 Å². The second-order valence-electron chi connectivity index (χ2n) is 3.93. The molecular formula is C14H10Cl2O2S. The van der Waals surface area contributed by atoms with E-state index < -0.39 is 5.97 Å². The van der Waals surface area contributed by atoms with Gasteiger partial charge in [0.25, 0.3) is 0 Å². The lowest BCUT2D eigenvalue weighted by Crippen LogP contribution is -2.00. The molecule has 0 aliphatic rings. The Kier molecular flexibility index (Phi) is 4.40. The van der Waals surface area contributed by atoms with Gasteiger partial charge < -0.3 is 5.11 Å². The van der Waals surface area contributed by atoms with E-state index in [0.717, 1.165) is 10.5 Å². The second kappa shape index (κ2) is 5.87. The summed E-state index contributed by atoms with van der Waals surface area (Å²) in [5.41, 5.74) is 1.15. The fourth-order valence-corrected chi connectivity index (χ4v) is 3.16. The average molecular weight is 313 g/mol. The van der Waals surface area contributed by atoms with Crippen molar-refractivity contribution >= 4 is 40.9 Å². The van der Waals surface area contributed by atoms with Crippen LogP contribution in [0.4, 0.5) is 0 Å². The fourth-order valence-electron chi connectivity index (χ4n) is 1.62. The summed E-state index contributed by atoms with van der Waals surface area (Å²) in [5.74, 6) is -0.954. The zero-order valence-corrected chi connectivity index (χ0v) is 12.3. The predicted octanol–water partition coefficient (Wildman–Crippen LogP) is 5.15. The number of hydrogen-bond acceptors (Lipinski definition) is 2. The fraction of sp³-hybridized carbons (Fsp3) is 0.0714. The van der Waals surface area contributed by atoms with Crippen LogP contribution in [0, 0.1) is 6.92 Å². The molecule has 0 aromatic heterocycles. The van der Waals surface area contributed by atoms with Crippen molar-refractivity contribution < 1.29 is 9.90 Å². The molecule has 0 fully saturated rings. The first-order valence-electron chi connectivity index (χ1n) is 5.45. The molecule has 0 spiro atoms. The Morgan fingerprint density at radius 3 is 2.63 bits per heavy atom. The van der Waals surface area contributed by atoms with Gasteiger partial charge in [-0.15, -0.1) is 0 Å². The van der Waals surface area contributed by atoms with E-state index in [9.17, 15) is 9.90 Å². The summed E-state index contributed by atoms with van der Waals surface area (Å²) < 4.78 is 0. The molecule has 19 heavy (non-hydrogen) atoms. The van der Waals surface area contributed by atoms with Crippen molar-refractivity contribution in [2.75, 3.05) is 0 Å². The first kappa shape index (κ1) is 14.3. The van der Waals surface area contributed by atoms with Crippen LogP contribution in [-0.2, 0) is 0 Å². The van der Waals surface area contributed by atoms with Gasteiger partial charge in [-0.25, -0.2) is 4.79 Å². The molecule has 0 amide bonds. The highest BCUT2D eigenvalue weighted by Crippen LogP contribution is 2.38. The van der Waals surface area contributed by atoms with Crippen LogP contribution in [0.15, 0.2) is 46.2 Å². The van der Waals surface area contributed by atoms with E-state index >= 15 is 0 Å². The molecule has 0 unspecified atom stereocenters. The lowest BCUT2D eigenvalue weighted by atomic mass is 10.1. The highest BCUT2D eigenvalue weighted by atomic mass is 35.5. The molecule has 0 heterocycles. The number of benzene rings is 2. The van der Waals surface area contributed by atoms with Crippen LogP contribution < -0.4 is 0 Å². The zero-order valence-electron chi connectivity index (χ0n) is 9.98. The zero-order chi connectivity index (χ0) is 14.0. The van der Waals surface area contributed by atoms with Crippen molar-refractivity contribution in [3.63, 3.8) is 0 Å². The molecule has 5 heteroatoms. The van der Waals surface area contributed by atoms with Gasteiger partial charge in [-0.1, -0.05) is 47.1 Å². The standard InChI is InChI=1S/C14H10Cl2O2S/c1-8-3-2-4-10(14(17)18)13(8)19-12-7-9(15)5-6-11(12)16/h2-7H,1H3,(H,17,18). The summed E-state index contributed by atoms with van der Waals surface area (Å²) in [6.07, 6.45) is 0. The van der Waals surface area contributed by atoms with Gasteiger partial charge in [-0.05, 0) is 36.8 Å². The number of aryl methyl sites for hydroxylation is 1. The maximum absolute atomic E-state index is 11.2. The second-order valence-corrected chi connectivity index (χ2v) is 5.83. The Morgan fingerprint density at radius 2 is 1.95 bits per heavy atom. The highest BCUT2D eigenvalue weighted by molar-refractivity contribution is 7.99. The molecule has 0 aliphatic carbocycles. The summed E-state index contributed by atoms with van der Waals surface area (Å²) in [7, 11) is 0. The number of carboxylic acid groups (broad SMARTS) is 1. The van der Waals surface area contributed by atoms with E-state index in [4.69, 9.17) is 23.2 Å². The molecule has 98 valence electrons. The molecule has 2 nitrogen and oxygen atoms in total. The normalized spacial score (nSPS) is 10.5. The van der Waals surface area contributed by atoms with Crippen LogP contribution >= 0.6 is 35.0 Å². The Balaban J connectivity index is 2.49. The van der Waals surface area contributed by atoms with Gasteiger partial charge in [-0.3, -0.25) is 0 Å². The molecule has 0 aliphatic heterocycles. The van der Waals surface area contributed by atoms with Gasteiger partial charge in [0.15, 0.2) is 0 Å². The lowest BCUT2D eigenvalue weighted by Gasteiger charge is -2.10. The molecular weight excluding hydrogens is 303 g/mol. The van der Waals surface area contributed by atoms with E-state index in [0.29, 0.717) is 14.9 Å². The third-order valence-electron chi connectivity index (χ3n) is 2.55. The van der Waals surface area contributed by atoms with E-state index in [2.05, 4.69) is 0 Å². The third-order valence-corrected chi connectivity index (χ3v) is 4.53. The van der Waals surface area contributed by atoms with Gasteiger partial charge in [0, 0.05) is 14.8 Å². The Hall–Kier alpha value is -1.16. The van der Waals surface area contributed by atoms with E-state index in [1.54, 1.807) is 30.3 Å². The summed E-state index contributed by atoms with van der Waals surface area (Å²) in [5, 5.41) is 10.3. The number of aromatic carboxylic acids is 1. The average Bonchev–Trinajstić information content (AvgIpc) is 2.35. The number of rotatable bonds is 3. The summed E-state index contributed by atoms with van der Waals surface area (Å²) in [6.45, 7) is 1.87. The van der Waals surface area contributed by atoms with Crippen molar-refractivity contribution in [2.45, 2.75) is 16.7 Å². The van der Waals surface area contributed by atoms with Crippen molar-refractivity contribution in [3.8, 4) is 0 Å². The number of carbonyl (C=O) groups is 1. The molecule has 2 aromatic carbocycles. The Bertz CT molecular complexity index is 641. The van der Waals surface area contributed by atoms with E-state index in [1.165, 1.54) is 11.8 Å². The summed E-state index contributed by atoms with van der Waals surface area (Å²) in [4.78, 5) is 12.7. The molecule has 0 saturated carbocycles. The molecule has 0 saturated heterocycles. The Labute approximate surface area is 125 Å². The van der Waals surface area contributed by atoms with Gasteiger partial charge in [0.05, 0.1) is 10.6 Å². The van der Waals surface area contributed by atoms with Crippen LogP contribution in [0.5, 0.6) is 0 Å². The largest absolute Gasteiger partial charge is 0.478 e. The first-order chi connectivity index (χ1) is 8.99. The Morgan fingerprint density at radius 1 is 1.21 bits per heavy atom. The minimum Gasteiger partial charge on any atom is -0.478 e. The smallest absolute Gasteiger partial charge is 0.336 e.